The number of para-hydroxylation sites is 2. The van der Waals surface area contributed by atoms with Crippen LogP contribution in [0, 0.1) is 0 Å². The molecule has 0 aliphatic rings. The molecule has 74 valence electrons. The Bertz CT molecular complexity index is 710. The van der Waals surface area contributed by atoms with Crippen LogP contribution in [0.4, 0.5) is 5.69 Å². The summed E-state index contributed by atoms with van der Waals surface area (Å²) in [5.74, 6) is 0.510. The van der Waals surface area contributed by atoms with Gasteiger partial charge in [0.15, 0.2) is 0 Å². The molecule has 0 spiro atoms. The molecule has 3 N–H and O–H groups in total. The number of H-pyrrole nitrogens is 1. The average Bonchev–Trinajstić information content (AvgIpc) is 2.57. The largest absolute Gasteiger partial charge is 0.393 e. The first-order chi connectivity index (χ1) is 7.25. The van der Waals surface area contributed by atoms with E-state index in [0.717, 1.165) is 11.0 Å². The van der Waals surface area contributed by atoms with E-state index in [-0.39, 0.29) is 11.2 Å². The lowest BCUT2D eigenvalue weighted by atomic mass is 10.3. The van der Waals surface area contributed by atoms with Crippen LogP contribution in [-0.2, 0) is 0 Å². The molecule has 0 aliphatic heterocycles. The van der Waals surface area contributed by atoms with E-state index in [1.165, 1.54) is 0 Å². The molecular weight excluding hydrogens is 192 g/mol. The first kappa shape index (κ1) is 8.05. The molecule has 2 heterocycles. The zero-order valence-corrected chi connectivity index (χ0v) is 7.77. The Kier molecular flexibility index (Phi) is 1.39. The van der Waals surface area contributed by atoms with Crippen LogP contribution in [0.25, 0.3) is 16.8 Å². The van der Waals surface area contributed by atoms with E-state index in [0.29, 0.717) is 5.78 Å². The maximum Gasteiger partial charge on any atom is 0.275 e. The minimum Gasteiger partial charge on any atom is -0.393 e. The van der Waals surface area contributed by atoms with Gasteiger partial charge in [-0.1, -0.05) is 12.1 Å². The number of anilines is 1. The van der Waals surface area contributed by atoms with Crippen molar-refractivity contribution in [2.24, 2.45) is 0 Å². The molecule has 3 aromatic rings. The fourth-order valence-corrected chi connectivity index (χ4v) is 1.63. The third-order valence-electron chi connectivity index (χ3n) is 2.35. The average molecular weight is 200 g/mol. The molecule has 0 radical (unpaired) electrons. The third-order valence-corrected chi connectivity index (χ3v) is 2.35. The Morgan fingerprint density at radius 1 is 1.33 bits per heavy atom. The Hall–Kier alpha value is -2.30. The molecule has 0 bridgehead atoms. The van der Waals surface area contributed by atoms with Gasteiger partial charge in [0, 0.05) is 6.20 Å². The summed E-state index contributed by atoms with van der Waals surface area (Å²) in [6.45, 7) is 0. The second-order valence-electron chi connectivity index (χ2n) is 3.33. The van der Waals surface area contributed by atoms with Crippen molar-refractivity contribution in [3.05, 3.63) is 40.8 Å². The second kappa shape index (κ2) is 2.60. The van der Waals surface area contributed by atoms with E-state index in [4.69, 9.17) is 5.73 Å². The van der Waals surface area contributed by atoms with Crippen LogP contribution in [0.2, 0.25) is 0 Å². The highest BCUT2D eigenvalue weighted by molar-refractivity contribution is 5.79. The zero-order chi connectivity index (χ0) is 10.4. The number of hydrogen-bond donors (Lipinski definition) is 2. The van der Waals surface area contributed by atoms with E-state index >= 15 is 0 Å². The summed E-state index contributed by atoms with van der Waals surface area (Å²) in [6, 6.07) is 7.62. The lowest BCUT2D eigenvalue weighted by Gasteiger charge is -1.95. The molecule has 15 heavy (non-hydrogen) atoms. The lowest BCUT2D eigenvalue weighted by Crippen LogP contribution is -2.13. The van der Waals surface area contributed by atoms with Gasteiger partial charge in [-0.25, -0.2) is 4.98 Å². The van der Waals surface area contributed by atoms with Crippen LogP contribution in [-0.4, -0.2) is 14.4 Å². The van der Waals surface area contributed by atoms with Crippen LogP contribution < -0.4 is 11.3 Å². The zero-order valence-electron chi connectivity index (χ0n) is 7.77. The maximum atomic E-state index is 11.3. The fourth-order valence-electron chi connectivity index (χ4n) is 1.63. The molecular formula is C10H8N4O. The molecule has 0 fully saturated rings. The number of benzene rings is 1. The molecule has 1 aromatic carbocycles. The van der Waals surface area contributed by atoms with E-state index in [1.807, 2.05) is 24.3 Å². The van der Waals surface area contributed by atoms with Gasteiger partial charge >= 0.3 is 0 Å². The molecule has 0 saturated heterocycles. The quantitative estimate of drug-likeness (QED) is 0.562. The lowest BCUT2D eigenvalue weighted by molar-refractivity contribution is 1.11. The summed E-state index contributed by atoms with van der Waals surface area (Å²) in [6.07, 6.45) is 1.59. The van der Waals surface area contributed by atoms with Crippen LogP contribution in [0.3, 0.4) is 0 Å². The second-order valence-corrected chi connectivity index (χ2v) is 3.33. The first-order valence-corrected chi connectivity index (χ1v) is 4.51. The number of hydrogen-bond acceptors (Lipinski definition) is 3. The molecule has 0 atom stereocenters. The van der Waals surface area contributed by atoms with Crippen molar-refractivity contribution in [3.63, 3.8) is 0 Å². The van der Waals surface area contributed by atoms with Gasteiger partial charge in [0.1, 0.15) is 5.69 Å². The van der Waals surface area contributed by atoms with E-state index in [2.05, 4.69) is 9.97 Å². The monoisotopic (exact) mass is 200 g/mol. The highest BCUT2D eigenvalue weighted by Crippen LogP contribution is 2.14. The summed E-state index contributed by atoms with van der Waals surface area (Å²) < 4.78 is 1.77. The summed E-state index contributed by atoms with van der Waals surface area (Å²) in [4.78, 5) is 18.2. The summed E-state index contributed by atoms with van der Waals surface area (Å²) in [5.41, 5.74) is 7.18. The molecule has 0 aliphatic carbocycles. The van der Waals surface area contributed by atoms with Gasteiger partial charge in [0.25, 0.3) is 5.56 Å². The Labute approximate surface area is 84.2 Å². The highest BCUT2D eigenvalue weighted by Gasteiger charge is 2.05. The number of imidazole rings is 1. The van der Waals surface area contributed by atoms with Crippen molar-refractivity contribution in [3.8, 4) is 0 Å². The molecule has 0 amide bonds. The van der Waals surface area contributed by atoms with E-state index in [9.17, 15) is 4.79 Å². The summed E-state index contributed by atoms with van der Waals surface area (Å²) >= 11 is 0. The van der Waals surface area contributed by atoms with Gasteiger partial charge in [-0.15, -0.1) is 0 Å². The topological polar surface area (TPSA) is 76.2 Å². The number of aromatic nitrogens is 3. The predicted octanol–water partition coefficient (Wildman–Crippen LogP) is 0.758. The van der Waals surface area contributed by atoms with Crippen LogP contribution in [0.5, 0.6) is 0 Å². The van der Waals surface area contributed by atoms with Crippen LogP contribution in [0.1, 0.15) is 0 Å². The number of nitrogen functional groups attached to an aromatic ring is 1. The Morgan fingerprint density at radius 2 is 2.13 bits per heavy atom. The number of nitrogens with zero attached hydrogens (tertiary/aromatic N) is 2. The number of nitrogens with two attached hydrogens (primary N) is 1. The minimum absolute atomic E-state index is 0.186. The fraction of sp³-hybridized carbons (Fsp3) is 0. The van der Waals surface area contributed by atoms with Crippen LogP contribution in [0.15, 0.2) is 35.3 Å². The predicted molar refractivity (Wildman–Crippen MR) is 57.7 cm³/mol. The standard InChI is InChI=1S/C10H8N4O/c11-6-5-14-8-4-2-1-3-7(8)12-10(14)13-9(6)15/h1-5H,11H2,(H,12,13,15). The molecule has 3 rings (SSSR count). The Balaban J connectivity index is 2.61. The molecule has 5 heteroatoms. The van der Waals surface area contributed by atoms with Gasteiger partial charge in [0.05, 0.1) is 11.0 Å². The van der Waals surface area contributed by atoms with Gasteiger partial charge in [-0.05, 0) is 12.1 Å². The number of nitrogens with one attached hydrogen (secondary N) is 1. The number of rotatable bonds is 0. The normalized spacial score (nSPS) is 11.2. The van der Waals surface area contributed by atoms with Gasteiger partial charge in [-0.3, -0.25) is 14.2 Å². The number of fused-ring (bicyclic) bond motifs is 3. The first-order valence-electron chi connectivity index (χ1n) is 4.51. The van der Waals surface area contributed by atoms with Crippen LogP contribution >= 0.6 is 0 Å². The van der Waals surface area contributed by atoms with Gasteiger partial charge in [0.2, 0.25) is 5.78 Å². The molecule has 0 saturated carbocycles. The minimum atomic E-state index is -0.308. The van der Waals surface area contributed by atoms with Gasteiger partial charge in [-0.2, -0.15) is 0 Å². The smallest absolute Gasteiger partial charge is 0.275 e. The van der Waals surface area contributed by atoms with E-state index in [1.54, 1.807) is 10.6 Å². The summed E-state index contributed by atoms with van der Waals surface area (Å²) in [5, 5.41) is 0. The van der Waals surface area contributed by atoms with Crippen molar-refractivity contribution < 1.29 is 0 Å². The molecule has 0 unspecified atom stereocenters. The third kappa shape index (κ3) is 1.03. The van der Waals surface area contributed by atoms with Crippen molar-refractivity contribution >= 4 is 22.5 Å². The SMILES string of the molecule is Nc1cn2c(nc3ccccc32)[nH]c1=O. The van der Waals surface area contributed by atoms with Crippen molar-refractivity contribution in [1.82, 2.24) is 14.4 Å². The van der Waals surface area contributed by atoms with Gasteiger partial charge < -0.3 is 5.73 Å². The summed E-state index contributed by atoms with van der Waals surface area (Å²) in [7, 11) is 0. The maximum absolute atomic E-state index is 11.3. The molecule has 2 aromatic heterocycles. The van der Waals surface area contributed by atoms with Crippen molar-refractivity contribution in [2.45, 2.75) is 0 Å². The highest BCUT2D eigenvalue weighted by atomic mass is 16.1. The van der Waals surface area contributed by atoms with Crippen molar-refractivity contribution in [2.75, 3.05) is 5.73 Å². The molecule has 5 nitrogen and oxygen atoms in total. The Morgan fingerprint density at radius 3 is 3.00 bits per heavy atom. The van der Waals surface area contributed by atoms with Crippen molar-refractivity contribution in [1.29, 1.82) is 0 Å². The van der Waals surface area contributed by atoms with E-state index < -0.39 is 0 Å². The number of aromatic amines is 1.